The van der Waals surface area contributed by atoms with E-state index < -0.39 is 0 Å². The minimum Gasteiger partial charge on any atom is -0.381 e. The number of carbonyl (C=O) groups is 1. The lowest BCUT2D eigenvalue weighted by Crippen LogP contribution is -2.30. The van der Waals surface area contributed by atoms with Crippen LogP contribution in [0.15, 0.2) is 24.3 Å². The molecule has 2 heterocycles. The average molecular weight is 245 g/mol. The first kappa shape index (κ1) is 11.2. The first-order valence-electron chi connectivity index (χ1n) is 6.16. The number of nitrogens with one attached hydrogen (secondary N) is 2. The number of benzene rings is 1. The highest BCUT2D eigenvalue weighted by molar-refractivity contribution is 5.92. The molecule has 1 fully saturated rings. The fraction of sp³-hybridized carbons (Fsp3) is 0.385. The molecule has 18 heavy (non-hydrogen) atoms. The summed E-state index contributed by atoms with van der Waals surface area (Å²) in [7, 11) is 0. The topological polar surface area (TPSA) is 67.0 Å². The highest BCUT2D eigenvalue weighted by Crippen LogP contribution is 2.17. The summed E-state index contributed by atoms with van der Waals surface area (Å²) in [4.78, 5) is 19.4. The number of ether oxygens (including phenoxy) is 1. The van der Waals surface area contributed by atoms with E-state index in [1.165, 1.54) is 0 Å². The van der Waals surface area contributed by atoms with E-state index in [9.17, 15) is 4.79 Å². The molecule has 1 aliphatic heterocycles. The van der Waals surface area contributed by atoms with Crippen LogP contribution in [0.5, 0.6) is 0 Å². The van der Waals surface area contributed by atoms with Crippen LogP contribution in [0.25, 0.3) is 11.0 Å². The Bertz CT molecular complexity index is 525. The SMILES string of the molecule is O=C(Nc1nc2ccccc2[nH]1)C1CCCOC1. The van der Waals surface area contributed by atoms with Gasteiger partial charge < -0.3 is 9.72 Å². The molecule has 3 rings (SSSR count). The van der Waals surface area contributed by atoms with E-state index in [-0.39, 0.29) is 11.8 Å². The lowest BCUT2D eigenvalue weighted by molar-refractivity contribution is -0.123. The third-order valence-electron chi connectivity index (χ3n) is 3.16. The summed E-state index contributed by atoms with van der Waals surface area (Å²) in [5.74, 6) is 0.424. The van der Waals surface area contributed by atoms with E-state index in [1.54, 1.807) is 0 Å². The van der Waals surface area contributed by atoms with Gasteiger partial charge in [0.05, 0.1) is 23.6 Å². The molecular weight excluding hydrogens is 230 g/mol. The largest absolute Gasteiger partial charge is 0.381 e. The molecule has 1 unspecified atom stereocenters. The molecule has 94 valence electrons. The van der Waals surface area contributed by atoms with Crippen molar-refractivity contribution in [2.75, 3.05) is 18.5 Å². The molecule has 2 N–H and O–H groups in total. The van der Waals surface area contributed by atoms with Gasteiger partial charge >= 0.3 is 0 Å². The smallest absolute Gasteiger partial charge is 0.232 e. The minimum absolute atomic E-state index is 0.0197. The second-order valence-electron chi connectivity index (χ2n) is 4.51. The van der Waals surface area contributed by atoms with Gasteiger partial charge in [-0.25, -0.2) is 4.98 Å². The minimum atomic E-state index is -0.0630. The van der Waals surface area contributed by atoms with E-state index in [2.05, 4.69) is 15.3 Å². The second-order valence-corrected chi connectivity index (χ2v) is 4.51. The van der Waals surface area contributed by atoms with Gasteiger partial charge in [0.25, 0.3) is 0 Å². The van der Waals surface area contributed by atoms with Crippen molar-refractivity contribution < 1.29 is 9.53 Å². The molecule has 0 saturated carbocycles. The van der Waals surface area contributed by atoms with Gasteiger partial charge in [-0.05, 0) is 25.0 Å². The van der Waals surface area contributed by atoms with Crippen molar-refractivity contribution in [2.24, 2.45) is 5.92 Å². The number of rotatable bonds is 2. The standard InChI is InChI=1S/C13H15N3O2/c17-12(9-4-3-7-18-8-9)16-13-14-10-5-1-2-6-11(10)15-13/h1-2,5-6,9H,3-4,7-8H2,(H2,14,15,16,17). The van der Waals surface area contributed by atoms with E-state index >= 15 is 0 Å². The van der Waals surface area contributed by atoms with Crippen LogP contribution in [0.1, 0.15) is 12.8 Å². The Morgan fingerprint density at radius 1 is 1.44 bits per heavy atom. The summed E-state index contributed by atoms with van der Waals surface area (Å²) in [6.45, 7) is 1.26. The van der Waals surface area contributed by atoms with E-state index in [0.29, 0.717) is 12.6 Å². The predicted molar refractivity (Wildman–Crippen MR) is 68.3 cm³/mol. The molecule has 1 saturated heterocycles. The number of anilines is 1. The van der Waals surface area contributed by atoms with Crippen molar-refractivity contribution in [3.8, 4) is 0 Å². The van der Waals surface area contributed by atoms with Gasteiger partial charge in [-0.15, -0.1) is 0 Å². The zero-order chi connectivity index (χ0) is 12.4. The molecule has 2 aromatic rings. The maximum absolute atomic E-state index is 12.0. The van der Waals surface area contributed by atoms with Gasteiger partial charge in [0.2, 0.25) is 11.9 Å². The summed E-state index contributed by atoms with van der Waals surface area (Å²) < 4.78 is 5.31. The fourth-order valence-electron chi connectivity index (χ4n) is 2.18. The van der Waals surface area contributed by atoms with Crippen molar-refractivity contribution in [1.29, 1.82) is 0 Å². The van der Waals surface area contributed by atoms with Crippen molar-refractivity contribution in [3.05, 3.63) is 24.3 Å². The summed E-state index contributed by atoms with van der Waals surface area (Å²) in [5, 5.41) is 2.82. The number of hydrogen-bond donors (Lipinski definition) is 2. The Hall–Kier alpha value is -1.88. The van der Waals surface area contributed by atoms with Crippen molar-refractivity contribution in [1.82, 2.24) is 9.97 Å². The molecule has 0 radical (unpaired) electrons. The molecule has 0 aliphatic carbocycles. The number of fused-ring (bicyclic) bond motifs is 1. The van der Waals surface area contributed by atoms with E-state index in [0.717, 1.165) is 30.5 Å². The molecule has 0 spiro atoms. The molecule has 1 aromatic carbocycles. The van der Waals surface area contributed by atoms with Crippen LogP contribution in [-0.4, -0.2) is 29.1 Å². The maximum atomic E-state index is 12.0. The van der Waals surface area contributed by atoms with Crippen molar-refractivity contribution in [2.45, 2.75) is 12.8 Å². The van der Waals surface area contributed by atoms with Crippen molar-refractivity contribution >= 4 is 22.9 Å². The number of imidazole rings is 1. The molecule has 0 bridgehead atoms. The first-order chi connectivity index (χ1) is 8.83. The van der Waals surface area contributed by atoms with Gasteiger partial charge in [0, 0.05) is 6.61 Å². The lowest BCUT2D eigenvalue weighted by Gasteiger charge is -2.20. The van der Waals surface area contributed by atoms with Gasteiger partial charge in [-0.3, -0.25) is 10.1 Å². The Labute approximate surface area is 105 Å². The number of aromatic amines is 1. The summed E-state index contributed by atoms with van der Waals surface area (Å²) in [5.41, 5.74) is 1.78. The number of nitrogens with zero attached hydrogens (tertiary/aromatic N) is 1. The molecule has 1 atom stereocenters. The number of aromatic nitrogens is 2. The molecular formula is C13H15N3O2. The van der Waals surface area contributed by atoms with Crippen LogP contribution < -0.4 is 5.32 Å². The van der Waals surface area contributed by atoms with Crippen LogP contribution in [0.4, 0.5) is 5.95 Å². The molecule has 1 aromatic heterocycles. The molecule has 1 amide bonds. The molecule has 5 nitrogen and oxygen atoms in total. The lowest BCUT2D eigenvalue weighted by atomic mass is 10.0. The summed E-state index contributed by atoms with van der Waals surface area (Å²) in [6.07, 6.45) is 1.82. The maximum Gasteiger partial charge on any atom is 0.232 e. The van der Waals surface area contributed by atoms with Crippen LogP contribution in [0.3, 0.4) is 0 Å². The number of amides is 1. The highest BCUT2D eigenvalue weighted by Gasteiger charge is 2.22. The number of para-hydroxylation sites is 2. The van der Waals surface area contributed by atoms with Crippen LogP contribution in [0.2, 0.25) is 0 Å². The van der Waals surface area contributed by atoms with Gasteiger partial charge in [-0.2, -0.15) is 0 Å². The zero-order valence-electron chi connectivity index (χ0n) is 9.98. The molecule has 5 heteroatoms. The second kappa shape index (κ2) is 4.78. The van der Waals surface area contributed by atoms with Crippen LogP contribution in [-0.2, 0) is 9.53 Å². The number of hydrogen-bond acceptors (Lipinski definition) is 3. The number of H-pyrrole nitrogens is 1. The summed E-state index contributed by atoms with van der Waals surface area (Å²) >= 11 is 0. The Balaban J connectivity index is 1.73. The normalized spacial score (nSPS) is 19.9. The van der Waals surface area contributed by atoms with E-state index in [1.807, 2.05) is 24.3 Å². The van der Waals surface area contributed by atoms with Gasteiger partial charge in [0.1, 0.15) is 0 Å². The van der Waals surface area contributed by atoms with E-state index in [4.69, 9.17) is 4.74 Å². The number of carbonyl (C=O) groups excluding carboxylic acids is 1. The summed E-state index contributed by atoms with van der Waals surface area (Å²) in [6, 6.07) is 7.69. The van der Waals surface area contributed by atoms with Crippen molar-refractivity contribution in [3.63, 3.8) is 0 Å². The quantitative estimate of drug-likeness (QED) is 0.849. The van der Waals surface area contributed by atoms with Gasteiger partial charge in [-0.1, -0.05) is 12.1 Å². The zero-order valence-corrected chi connectivity index (χ0v) is 9.98. The van der Waals surface area contributed by atoms with Crippen LogP contribution in [0, 0.1) is 5.92 Å². The first-order valence-corrected chi connectivity index (χ1v) is 6.16. The average Bonchev–Trinajstić information content (AvgIpc) is 2.82. The fourth-order valence-corrected chi connectivity index (χ4v) is 2.18. The highest BCUT2D eigenvalue weighted by atomic mass is 16.5. The monoisotopic (exact) mass is 245 g/mol. The Morgan fingerprint density at radius 2 is 2.33 bits per heavy atom. The Kier molecular flexibility index (Phi) is 2.98. The van der Waals surface area contributed by atoms with Crippen LogP contribution >= 0.6 is 0 Å². The molecule has 1 aliphatic rings. The van der Waals surface area contributed by atoms with Gasteiger partial charge in [0.15, 0.2) is 0 Å². The predicted octanol–water partition coefficient (Wildman–Crippen LogP) is 1.93. The third kappa shape index (κ3) is 2.22. The Morgan fingerprint density at radius 3 is 3.11 bits per heavy atom. The third-order valence-corrected chi connectivity index (χ3v) is 3.16.